The van der Waals surface area contributed by atoms with E-state index in [4.69, 9.17) is 9.47 Å². The minimum atomic E-state index is -4.20. The molecule has 0 spiro atoms. The molecule has 9 nitrogen and oxygen atoms in total. The molecule has 0 bridgehead atoms. The SMILES string of the molecule is C=C(C)C(=O)OCCOC(=O)c1ccc(S(=O)(=O)N2C(=O)CCC2O)cc1. The number of hydrogen-bond donors (Lipinski definition) is 1. The van der Waals surface area contributed by atoms with Crippen molar-refractivity contribution in [3.8, 4) is 0 Å². The molecule has 146 valence electrons. The molecule has 0 aliphatic carbocycles. The average molecular weight is 397 g/mol. The van der Waals surface area contributed by atoms with Gasteiger partial charge in [0.25, 0.3) is 10.0 Å². The Kier molecular flexibility index (Phi) is 6.34. The number of ether oxygens (including phenoxy) is 2. The van der Waals surface area contributed by atoms with Crippen molar-refractivity contribution >= 4 is 27.9 Å². The molecule has 1 aliphatic rings. The lowest BCUT2D eigenvalue weighted by atomic mass is 10.2. The number of benzene rings is 1. The molecule has 1 N–H and O–H groups in total. The van der Waals surface area contributed by atoms with Gasteiger partial charge in [-0.2, -0.15) is 0 Å². The van der Waals surface area contributed by atoms with Crippen LogP contribution in [0, 0.1) is 0 Å². The number of esters is 2. The van der Waals surface area contributed by atoms with E-state index < -0.39 is 34.1 Å². The van der Waals surface area contributed by atoms with Gasteiger partial charge < -0.3 is 14.6 Å². The summed E-state index contributed by atoms with van der Waals surface area (Å²) in [5, 5.41) is 9.70. The van der Waals surface area contributed by atoms with Gasteiger partial charge in [-0.05, 0) is 31.2 Å². The van der Waals surface area contributed by atoms with Gasteiger partial charge in [-0.25, -0.2) is 22.3 Å². The molecule has 1 unspecified atom stereocenters. The number of hydrogen-bond acceptors (Lipinski definition) is 8. The highest BCUT2D eigenvalue weighted by Crippen LogP contribution is 2.26. The molecule has 2 rings (SSSR count). The lowest BCUT2D eigenvalue weighted by molar-refractivity contribution is -0.140. The predicted octanol–water partition coefficient (Wildman–Crippen LogP) is 0.592. The standard InChI is InChI=1S/C17H19NO8S/c1-11(2)16(21)25-9-10-26-17(22)12-3-5-13(6-4-12)27(23,24)18-14(19)7-8-15(18)20/h3-6,14,19H,1,7-10H2,2H3. The highest BCUT2D eigenvalue weighted by atomic mass is 32.2. The van der Waals surface area contributed by atoms with Crippen LogP contribution in [0.2, 0.25) is 0 Å². The first-order valence-electron chi connectivity index (χ1n) is 7.99. The Labute approximate surface area is 156 Å². The largest absolute Gasteiger partial charge is 0.459 e. The van der Waals surface area contributed by atoms with Crippen LogP contribution >= 0.6 is 0 Å². The van der Waals surface area contributed by atoms with E-state index in [-0.39, 0.29) is 42.1 Å². The fourth-order valence-corrected chi connectivity index (χ4v) is 3.78. The van der Waals surface area contributed by atoms with Crippen molar-refractivity contribution in [1.82, 2.24) is 4.31 Å². The van der Waals surface area contributed by atoms with Crippen LogP contribution in [-0.4, -0.2) is 55.1 Å². The number of rotatable bonds is 7. The van der Waals surface area contributed by atoms with Crippen molar-refractivity contribution in [2.24, 2.45) is 0 Å². The first-order valence-corrected chi connectivity index (χ1v) is 9.43. The number of sulfonamides is 1. The van der Waals surface area contributed by atoms with Crippen LogP contribution in [-0.2, 0) is 29.1 Å². The molecular formula is C17H19NO8S. The molecular weight excluding hydrogens is 378 g/mol. The van der Waals surface area contributed by atoms with Gasteiger partial charge in [-0.15, -0.1) is 0 Å². The molecule has 1 aromatic carbocycles. The molecule has 1 amide bonds. The summed E-state index contributed by atoms with van der Waals surface area (Å²) in [6.45, 7) is 4.58. The van der Waals surface area contributed by atoms with Crippen LogP contribution in [0.3, 0.4) is 0 Å². The van der Waals surface area contributed by atoms with E-state index in [2.05, 4.69) is 6.58 Å². The van der Waals surface area contributed by atoms with E-state index >= 15 is 0 Å². The van der Waals surface area contributed by atoms with E-state index in [1.165, 1.54) is 19.1 Å². The summed E-state index contributed by atoms with van der Waals surface area (Å²) in [6.07, 6.45) is -1.41. The first-order chi connectivity index (χ1) is 12.6. The van der Waals surface area contributed by atoms with Gasteiger partial charge in [-0.3, -0.25) is 4.79 Å². The van der Waals surface area contributed by atoms with E-state index in [0.717, 1.165) is 12.1 Å². The maximum atomic E-state index is 12.4. The van der Waals surface area contributed by atoms with E-state index in [1.54, 1.807) is 0 Å². The van der Waals surface area contributed by atoms with Gasteiger partial charge in [0, 0.05) is 18.4 Å². The van der Waals surface area contributed by atoms with Crippen molar-refractivity contribution in [3.63, 3.8) is 0 Å². The van der Waals surface area contributed by atoms with Crippen molar-refractivity contribution in [2.45, 2.75) is 30.9 Å². The Balaban J connectivity index is 1.98. The summed E-state index contributed by atoms with van der Waals surface area (Å²) in [6, 6.07) is 4.74. The van der Waals surface area contributed by atoms with Crippen molar-refractivity contribution < 1.29 is 37.4 Å². The third-order valence-electron chi connectivity index (χ3n) is 3.68. The number of nitrogens with zero attached hydrogens (tertiary/aromatic N) is 1. The Bertz CT molecular complexity index is 859. The number of amides is 1. The third-order valence-corrected chi connectivity index (χ3v) is 5.51. The third kappa shape index (κ3) is 4.72. The van der Waals surface area contributed by atoms with E-state index in [0.29, 0.717) is 4.31 Å². The Morgan fingerprint density at radius 3 is 2.33 bits per heavy atom. The zero-order valence-electron chi connectivity index (χ0n) is 14.6. The monoisotopic (exact) mass is 397 g/mol. The molecule has 1 atom stereocenters. The summed E-state index contributed by atoms with van der Waals surface area (Å²) >= 11 is 0. The smallest absolute Gasteiger partial charge is 0.338 e. The molecule has 10 heteroatoms. The highest BCUT2D eigenvalue weighted by Gasteiger charge is 2.39. The molecule has 1 heterocycles. The number of aliphatic hydroxyl groups is 1. The van der Waals surface area contributed by atoms with Crippen molar-refractivity contribution in [3.05, 3.63) is 42.0 Å². The fraction of sp³-hybridized carbons (Fsp3) is 0.353. The quantitative estimate of drug-likeness (QED) is 0.402. The number of carbonyl (C=O) groups excluding carboxylic acids is 3. The molecule has 1 saturated heterocycles. The summed E-state index contributed by atoms with van der Waals surface area (Å²) in [7, 11) is -4.20. The molecule has 0 saturated carbocycles. The fourth-order valence-electron chi connectivity index (χ4n) is 2.29. The predicted molar refractivity (Wildman–Crippen MR) is 91.8 cm³/mol. The Hall–Kier alpha value is -2.72. The molecule has 1 aromatic rings. The summed E-state index contributed by atoms with van der Waals surface area (Å²) in [4.78, 5) is 34.5. The normalized spacial score (nSPS) is 16.9. The topological polar surface area (TPSA) is 127 Å². The number of aliphatic hydroxyl groups excluding tert-OH is 1. The highest BCUT2D eigenvalue weighted by molar-refractivity contribution is 7.89. The van der Waals surface area contributed by atoms with Gasteiger partial charge in [0.1, 0.15) is 19.4 Å². The Morgan fingerprint density at radius 1 is 1.22 bits per heavy atom. The van der Waals surface area contributed by atoms with Gasteiger partial charge >= 0.3 is 11.9 Å². The lowest BCUT2D eigenvalue weighted by Crippen LogP contribution is -2.38. The lowest BCUT2D eigenvalue weighted by Gasteiger charge is -2.20. The van der Waals surface area contributed by atoms with Crippen LogP contribution in [0.4, 0.5) is 0 Å². The first kappa shape index (κ1) is 20.6. The second-order valence-corrected chi connectivity index (χ2v) is 7.61. The summed E-state index contributed by atoms with van der Waals surface area (Å²) in [5.74, 6) is -2.02. The Morgan fingerprint density at radius 2 is 1.81 bits per heavy atom. The zero-order valence-corrected chi connectivity index (χ0v) is 15.4. The molecule has 27 heavy (non-hydrogen) atoms. The van der Waals surface area contributed by atoms with Gasteiger partial charge in [0.2, 0.25) is 5.91 Å². The van der Waals surface area contributed by atoms with Gasteiger partial charge in [-0.1, -0.05) is 6.58 Å². The van der Waals surface area contributed by atoms with E-state index in [1.807, 2.05) is 0 Å². The minimum absolute atomic E-state index is 0.0401. The summed E-state index contributed by atoms with van der Waals surface area (Å²) in [5.41, 5.74) is 0.299. The molecule has 1 fully saturated rings. The van der Waals surface area contributed by atoms with Crippen LogP contribution < -0.4 is 0 Å². The van der Waals surface area contributed by atoms with Crippen LogP contribution in [0.1, 0.15) is 30.1 Å². The number of carbonyl (C=O) groups is 3. The zero-order chi connectivity index (χ0) is 20.2. The molecule has 0 aromatic heterocycles. The summed E-state index contributed by atoms with van der Waals surface area (Å²) < 4.78 is 35.0. The maximum Gasteiger partial charge on any atom is 0.338 e. The van der Waals surface area contributed by atoms with Crippen LogP contribution in [0.15, 0.2) is 41.3 Å². The second-order valence-electron chi connectivity index (χ2n) is 5.79. The van der Waals surface area contributed by atoms with Crippen LogP contribution in [0.5, 0.6) is 0 Å². The van der Waals surface area contributed by atoms with E-state index in [9.17, 15) is 27.9 Å². The van der Waals surface area contributed by atoms with Crippen LogP contribution in [0.25, 0.3) is 0 Å². The van der Waals surface area contributed by atoms with Crippen molar-refractivity contribution in [2.75, 3.05) is 13.2 Å². The maximum absolute atomic E-state index is 12.4. The second kappa shape index (κ2) is 8.31. The van der Waals surface area contributed by atoms with Gasteiger partial charge in [0.05, 0.1) is 10.5 Å². The molecule has 1 aliphatic heterocycles. The van der Waals surface area contributed by atoms with Gasteiger partial charge in [0.15, 0.2) is 0 Å². The average Bonchev–Trinajstić information content (AvgIpc) is 2.97. The minimum Gasteiger partial charge on any atom is -0.459 e. The molecule has 0 radical (unpaired) electrons. The van der Waals surface area contributed by atoms with Crippen molar-refractivity contribution in [1.29, 1.82) is 0 Å².